The lowest BCUT2D eigenvalue weighted by atomic mass is 10.00. The Morgan fingerprint density at radius 1 is 1.47 bits per heavy atom. The van der Waals surface area contributed by atoms with Crippen molar-refractivity contribution in [2.24, 2.45) is 0 Å². The minimum atomic E-state index is -0.269. The Bertz CT molecular complexity index is 384. The van der Waals surface area contributed by atoms with Gasteiger partial charge in [0.2, 0.25) is 0 Å². The molecule has 1 fully saturated rings. The molecule has 2 rings (SSSR count). The molecule has 5 heteroatoms. The predicted molar refractivity (Wildman–Crippen MR) is 70.1 cm³/mol. The molecule has 0 bridgehead atoms. The third kappa shape index (κ3) is 2.76. The van der Waals surface area contributed by atoms with Crippen LogP contribution in [0, 0.1) is 12.7 Å². The van der Waals surface area contributed by atoms with E-state index in [0.29, 0.717) is 17.6 Å². The molecule has 1 aliphatic rings. The minimum absolute atomic E-state index is 0.269. The number of hydrogen-bond donors (Lipinski definition) is 0. The van der Waals surface area contributed by atoms with E-state index < -0.39 is 0 Å². The van der Waals surface area contributed by atoms with Gasteiger partial charge in [0.05, 0.1) is 5.69 Å². The van der Waals surface area contributed by atoms with Crippen molar-refractivity contribution in [2.45, 2.75) is 38.6 Å². The molecule has 0 saturated carbocycles. The highest BCUT2D eigenvalue weighted by Gasteiger charge is 2.25. The second-order valence-electron chi connectivity index (χ2n) is 4.42. The second kappa shape index (κ2) is 5.76. The molecule has 17 heavy (non-hydrogen) atoms. The van der Waals surface area contributed by atoms with Crippen molar-refractivity contribution in [1.29, 1.82) is 0 Å². The van der Waals surface area contributed by atoms with E-state index >= 15 is 0 Å². The van der Waals surface area contributed by atoms with Crippen molar-refractivity contribution in [1.82, 2.24) is 9.97 Å². The van der Waals surface area contributed by atoms with E-state index in [-0.39, 0.29) is 5.82 Å². The van der Waals surface area contributed by atoms with Gasteiger partial charge >= 0.3 is 0 Å². The number of alkyl halides is 1. The van der Waals surface area contributed by atoms with E-state index in [4.69, 9.17) is 0 Å². The van der Waals surface area contributed by atoms with Crippen molar-refractivity contribution in [2.75, 3.05) is 16.8 Å². The molecule has 0 amide bonds. The highest BCUT2D eigenvalue weighted by Crippen LogP contribution is 2.27. The van der Waals surface area contributed by atoms with Crippen LogP contribution in [0.4, 0.5) is 10.2 Å². The first kappa shape index (κ1) is 12.7. The van der Waals surface area contributed by atoms with Gasteiger partial charge in [-0.1, -0.05) is 15.9 Å². The highest BCUT2D eigenvalue weighted by atomic mass is 79.9. The van der Waals surface area contributed by atoms with E-state index in [1.54, 1.807) is 6.92 Å². The Morgan fingerprint density at radius 3 is 3.06 bits per heavy atom. The number of hydrogen-bond acceptors (Lipinski definition) is 3. The van der Waals surface area contributed by atoms with Crippen LogP contribution in [0.2, 0.25) is 0 Å². The lowest BCUT2D eigenvalue weighted by Gasteiger charge is -2.36. The zero-order chi connectivity index (χ0) is 12.3. The van der Waals surface area contributed by atoms with Gasteiger partial charge in [-0.05, 0) is 32.6 Å². The molecule has 3 nitrogen and oxygen atoms in total. The second-order valence-corrected chi connectivity index (χ2v) is 5.21. The molecule has 1 saturated heterocycles. The Morgan fingerprint density at radius 2 is 2.29 bits per heavy atom. The summed E-state index contributed by atoms with van der Waals surface area (Å²) in [6.07, 6.45) is 5.94. The van der Waals surface area contributed by atoms with Gasteiger partial charge in [-0.2, -0.15) is 0 Å². The van der Waals surface area contributed by atoms with Gasteiger partial charge < -0.3 is 4.90 Å². The van der Waals surface area contributed by atoms with Crippen LogP contribution >= 0.6 is 15.9 Å². The van der Waals surface area contributed by atoms with Gasteiger partial charge in [0.1, 0.15) is 6.33 Å². The standard InChI is InChI=1S/C12H17BrFN3/c1-9-11(14)12(16-8-15-9)17-7-3-2-4-10(17)5-6-13/h8,10H,2-7H2,1H3. The van der Waals surface area contributed by atoms with Crippen molar-refractivity contribution in [3.63, 3.8) is 0 Å². The number of aryl methyl sites for hydroxylation is 1. The maximum Gasteiger partial charge on any atom is 0.186 e. The quantitative estimate of drug-likeness (QED) is 0.804. The summed E-state index contributed by atoms with van der Waals surface area (Å²) in [4.78, 5) is 10.1. The molecule has 1 aliphatic heterocycles. The normalized spacial score (nSPS) is 20.6. The van der Waals surface area contributed by atoms with Crippen molar-refractivity contribution in [3.8, 4) is 0 Å². The van der Waals surface area contributed by atoms with Gasteiger partial charge in [-0.3, -0.25) is 0 Å². The number of anilines is 1. The summed E-state index contributed by atoms with van der Waals surface area (Å²) in [6, 6.07) is 0.395. The van der Waals surface area contributed by atoms with Crippen LogP contribution in [0.3, 0.4) is 0 Å². The van der Waals surface area contributed by atoms with Gasteiger partial charge in [-0.15, -0.1) is 0 Å². The van der Waals surface area contributed by atoms with Crippen LogP contribution in [0.5, 0.6) is 0 Å². The molecule has 0 N–H and O–H groups in total. The summed E-state index contributed by atoms with van der Waals surface area (Å²) in [6.45, 7) is 2.58. The predicted octanol–water partition coefficient (Wildman–Crippen LogP) is 3.07. The van der Waals surface area contributed by atoms with Crippen LogP contribution in [-0.2, 0) is 0 Å². The SMILES string of the molecule is Cc1ncnc(N2CCCCC2CCBr)c1F. The van der Waals surface area contributed by atoms with Crippen LogP contribution in [0.25, 0.3) is 0 Å². The highest BCUT2D eigenvalue weighted by molar-refractivity contribution is 9.09. The number of halogens is 2. The first-order valence-electron chi connectivity index (χ1n) is 6.03. The van der Waals surface area contributed by atoms with Gasteiger partial charge in [0, 0.05) is 17.9 Å². The molecule has 2 heterocycles. The third-order valence-corrected chi connectivity index (χ3v) is 3.74. The largest absolute Gasteiger partial charge is 0.351 e. The molecule has 1 unspecified atom stereocenters. The topological polar surface area (TPSA) is 29.0 Å². The zero-order valence-electron chi connectivity index (χ0n) is 9.99. The lowest BCUT2D eigenvalue weighted by molar-refractivity contribution is 0.440. The summed E-state index contributed by atoms with van der Waals surface area (Å²) in [5.74, 6) is 0.206. The average Bonchev–Trinajstić information content (AvgIpc) is 2.34. The number of aromatic nitrogens is 2. The first-order valence-corrected chi connectivity index (χ1v) is 7.16. The van der Waals surface area contributed by atoms with E-state index in [1.165, 1.54) is 12.7 Å². The van der Waals surface area contributed by atoms with Crippen LogP contribution < -0.4 is 4.90 Å². The summed E-state index contributed by atoms with van der Waals surface area (Å²) in [5, 5.41) is 0.944. The van der Waals surface area contributed by atoms with E-state index in [1.807, 2.05) is 0 Å². The van der Waals surface area contributed by atoms with Crippen molar-refractivity contribution < 1.29 is 4.39 Å². The fraction of sp³-hybridized carbons (Fsp3) is 0.667. The molecule has 1 aromatic heterocycles. The van der Waals surface area contributed by atoms with Crippen LogP contribution in [0.1, 0.15) is 31.4 Å². The molecule has 0 radical (unpaired) electrons. The monoisotopic (exact) mass is 301 g/mol. The fourth-order valence-corrected chi connectivity index (χ4v) is 2.88. The molecule has 0 aliphatic carbocycles. The van der Waals surface area contributed by atoms with E-state index in [0.717, 1.165) is 31.1 Å². The Labute approximate surface area is 110 Å². The zero-order valence-corrected chi connectivity index (χ0v) is 11.6. The van der Waals surface area contributed by atoms with Crippen molar-refractivity contribution in [3.05, 3.63) is 17.8 Å². The maximum absolute atomic E-state index is 14.0. The number of nitrogens with zero attached hydrogens (tertiary/aromatic N) is 3. The van der Waals surface area contributed by atoms with Crippen molar-refractivity contribution >= 4 is 21.7 Å². The molecular formula is C12H17BrFN3. The maximum atomic E-state index is 14.0. The number of piperidine rings is 1. The van der Waals surface area contributed by atoms with Crippen LogP contribution in [0.15, 0.2) is 6.33 Å². The molecule has 1 atom stereocenters. The molecule has 0 aromatic carbocycles. The third-order valence-electron chi connectivity index (χ3n) is 3.29. The Balaban J connectivity index is 2.26. The van der Waals surface area contributed by atoms with E-state index in [9.17, 15) is 4.39 Å². The summed E-state index contributed by atoms with van der Waals surface area (Å²) in [7, 11) is 0. The first-order chi connectivity index (χ1) is 8.24. The lowest BCUT2D eigenvalue weighted by Crippen LogP contribution is -2.41. The molecule has 0 spiro atoms. The molecular weight excluding hydrogens is 285 g/mol. The van der Waals surface area contributed by atoms with Crippen LogP contribution in [-0.4, -0.2) is 27.9 Å². The average molecular weight is 302 g/mol. The Hall–Kier alpha value is -0.710. The molecule has 94 valence electrons. The Kier molecular flexibility index (Phi) is 4.31. The summed E-state index contributed by atoms with van der Waals surface area (Å²) in [5.41, 5.74) is 0.429. The fourth-order valence-electron chi connectivity index (χ4n) is 2.35. The molecule has 1 aromatic rings. The van der Waals surface area contributed by atoms with Gasteiger partial charge in [0.25, 0.3) is 0 Å². The van der Waals surface area contributed by atoms with Gasteiger partial charge in [-0.25, -0.2) is 14.4 Å². The van der Waals surface area contributed by atoms with E-state index in [2.05, 4.69) is 30.8 Å². The summed E-state index contributed by atoms with van der Waals surface area (Å²) >= 11 is 3.46. The minimum Gasteiger partial charge on any atom is -0.351 e. The van der Waals surface area contributed by atoms with Gasteiger partial charge in [0.15, 0.2) is 11.6 Å². The summed E-state index contributed by atoms with van der Waals surface area (Å²) < 4.78 is 14.0. The smallest absolute Gasteiger partial charge is 0.186 e. The number of rotatable bonds is 3.